The number of aryl methyl sites for hydroxylation is 2. The molecule has 92 valence electrons. The Morgan fingerprint density at radius 2 is 2.12 bits per heavy atom. The molecule has 0 aromatic carbocycles. The number of hydrogen-bond donors (Lipinski definition) is 2. The van der Waals surface area contributed by atoms with Crippen molar-refractivity contribution >= 4 is 0 Å². The highest BCUT2D eigenvalue weighted by atomic mass is 16.3. The van der Waals surface area contributed by atoms with E-state index in [0.717, 1.165) is 23.6 Å². The van der Waals surface area contributed by atoms with E-state index in [1.807, 2.05) is 38.9 Å². The van der Waals surface area contributed by atoms with Gasteiger partial charge >= 0.3 is 0 Å². The van der Waals surface area contributed by atoms with Gasteiger partial charge in [0.2, 0.25) is 0 Å². The quantitative estimate of drug-likeness (QED) is 0.757. The second-order valence-electron chi connectivity index (χ2n) is 4.49. The zero-order valence-electron chi connectivity index (χ0n) is 10.6. The summed E-state index contributed by atoms with van der Waals surface area (Å²) in [5.74, 6) is 1.88. The average Bonchev–Trinajstić information content (AvgIpc) is 2.44. The molecule has 0 fully saturated rings. The van der Waals surface area contributed by atoms with Crippen LogP contribution in [0.1, 0.15) is 17.1 Å². The van der Waals surface area contributed by atoms with E-state index in [4.69, 9.17) is 4.42 Å². The van der Waals surface area contributed by atoms with Gasteiger partial charge in [0.05, 0.1) is 6.10 Å². The lowest BCUT2D eigenvalue weighted by molar-refractivity contribution is 0.134. The van der Waals surface area contributed by atoms with Gasteiger partial charge in [-0.3, -0.25) is 0 Å². The largest absolute Gasteiger partial charge is 0.466 e. The Bertz CT molecular complexity index is 321. The fraction of sp³-hybridized carbons (Fsp3) is 0.667. The van der Waals surface area contributed by atoms with Crippen molar-refractivity contribution in [2.24, 2.45) is 0 Å². The Kier molecular flexibility index (Phi) is 4.99. The zero-order chi connectivity index (χ0) is 12.1. The summed E-state index contributed by atoms with van der Waals surface area (Å²) in [5, 5.41) is 12.9. The Morgan fingerprint density at radius 3 is 2.62 bits per heavy atom. The molecule has 0 aliphatic heterocycles. The smallest absolute Gasteiger partial charge is 0.105 e. The van der Waals surface area contributed by atoms with Crippen molar-refractivity contribution in [3.63, 3.8) is 0 Å². The molecule has 4 nitrogen and oxygen atoms in total. The molecule has 1 atom stereocenters. The van der Waals surface area contributed by atoms with Gasteiger partial charge in [0, 0.05) is 25.2 Å². The predicted octanol–water partition coefficient (Wildman–Crippen LogP) is 0.909. The molecule has 0 amide bonds. The van der Waals surface area contributed by atoms with Crippen molar-refractivity contribution < 1.29 is 9.52 Å². The SMILES string of the molecule is Cc1cc(CNCC(O)CN(C)C)c(C)o1. The monoisotopic (exact) mass is 226 g/mol. The third kappa shape index (κ3) is 4.35. The molecule has 0 aliphatic carbocycles. The maximum absolute atomic E-state index is 9.64. The van der Waals surface area contributed by atoms with Gasteiger partial charge in [-0.25, -0.2) is 0 Å². The Labute approximate surface area is 97.2 Å². The van der Waals surface area contributed by atoms with Gasteiger partial charge in [-0.2, -0.15) is 0 Å². The van der Waals surface area contributed by atoms with Gasteiger partial charge in [-0.15, -0.1) is 0 Å². The second-order valence-corrected chi connectivity index (χ2v) is 4.49. The van der Waals surface area contributed by atoms with Crippen LogP contribution >= 0.6 is 0 Å². The van der Waals surface area contributed by atoms with Gasteiger partial charge < -0.3 is 19.7 Å². The number of furan rings is 1. The molecule has 1 unspecified atom stereocenters. The van der Waals surface area contributed by atoms with Crippen LogP contribution in [0, 0.1) is 13.8 Å². The number of nitrogens with zero attached hydrogens (tertiary/aromatic N) is 1. The summed E-state index contributed by atoms with van der Waals surface area (Å²) in [6.07, 6.45) is -0.330. The summed E-state index contributed by atoms with van der Waals surface area (Å²) in [4.78, 5) is 1.97. The van der Waals surface area contributed by atoms with Gasteiger partial charge in [-0.05, 0) is 34.0 Å². The van der Waals surface area contributed by atoms with Crippen molar-refractivity contribution in [1.82, 2.24) is 10.2 Å². The van der Waals surface area contributed by atoms with Crippen molar-refractivity contribution in [3.05, 3.63) is 23.2 Å². The number of aliphatic hydroxyl groups is 1. The molecule has 1 rings (SSSR count). The molecule has 1 aromatic rings. The minimum atomic E-state index is -0.330. The molecule has 0 aliphatic rings. The summed E-state index contributed by atoms with van der Waals surface area (Å²) in [7, 11) is 3.90. The minimum absolute atomic E-state index is 0.330. The van der Waals surface area contributed by atoms with Crippen LogP contribution in [0.25, 0.3) is 0 Å². The molecule has 0 bridgehead atoms. The molecule has 2 N–H and O–H groups in total. The van der Waals surface area contributed by atoms with Crippen molar-refractivity contribution in [3.8, 4) is 0 Å². The van der Waals surface area contributed by atoms with E-state index < -0.39 is 0 Å². The van der Waals surface area contributed by atoms with Crippen LogP contribution in [-0.4, -0.2) is 43.3 Å². The molecule has 0 saturated carbocycles. The minimum Gasteiger partial charge on any atom is -0.466 e. The lowest BCUT2D eigenvalue weighted by atomic mass is 10.2. The van der Waals surface area contributed by atoms with Gasteiger partial charge in [0.1, 0.15) is 11.5 Å². The second kappa shape index (κ2) is 6.03. The van der Waals surface area contributed by atoms with Crippen LogP contribution in [0.2, 0.25) is 0 Å². The number of hydrogen-bond acceptors (Lipinski definition) is 4. The van der Waals surface area contributed by atoms with Gasteiger partial charge in [-0.1, -0.05) is 0 Å². The van der Waals surface area contributed by atoms with E-state index in [1.165, 1.54) is 0 Å². The Morgan fingerprint density at radius 1 is 1.44 bits per heavy atom. The molecular formula is C12H22N2O2. The van der Waals surface area contributed by atoms with Crippen molar-refractivity contribution in [2.45, 2.75) is 26.5 Å². The fourth-order valence-corrected chi connectivity index (χ4v) is 1.72. The molecular weight excluding hydrogens is 204 g/mol. The maximum Gasteiger partial charge on any atom is 0.105 e. The van der Waals surface area contributed by atoms with Crippen LogP contribution < -0.4 is 5.32 Å². The van der Waals surface area contributed by atoms with E-state index in [1.54, 1.807) is 0 Å². The summed E-state index contributed by atoms with van der Waals surface area (Å²) in [6.45, 7) is 5.92. The summed E-state index contributed by atoms with van der Waals surface area (Å²) >= 11 is 0. The Balaban J connectivity index is 2.27. The van der Waals surface area contributed by atoms with E-state index >= 15 is 0 Å². The normalized spacial score (nSPS) is 13.4. The van der Waals surface area contributed by atoms with Crippen LogP contribution in [-0.2, 0) is 6.54 Å². The highest BCUT2D eigenvalue weighted by molar-refractivity contribution is 5.19. The third-order valence-electron chi connectivity index (χ3n) is 2.42. The zero-order valence-corrected chi connectivity index (χ0v) is 10.6. The summed E-state index contributed by atoms with van der Waals surface area (Å²) < 4.78 is 5.43. The van der Waals surface area contributed by atoms with Gasteiger partial charge in [0.25, 0.3) is 0 Å². The molecule has 16 heavy (non-hydrogen) atoms. The molecule has 0 saturated heterocycles. The highest BCUT2D eigenvalue weighted by Crippen LogP contribution is 2.12. The number of likely N-dealkylation sites (N-methyl/N-ethyl adjacent to an activating group) is 1. The first kappa shape index (κ1) is 13.2. The lowest BCUT2D eigenvalue weighted by Crippen LogP contribution is -2.34. The fourth-order valence-electron chi connectivity index (χ4n) is 1.72. The van der Waals surface area contributed by atoms with E-state index in [2.05, 4.69) is 5.32 Å². The first-order valence-electron chi connectivity index (χ1n) is 5.58. The molecule has 1 heterocycles. The van der Waals surface area contributed by atoms with Crippen LogP contribution in [0.4, 0.5) is 0 Å². The van der Waals surface area contributed by atoms with E-state index in [9.17, 15) is 5.11 Å². The molecule has 0 spiro atoms. The number of aliphatic hydroxyl groups excluding tert-OH is 1. The summed E-state index contributed by atoms with van der Waals surface area (Å²) in [5.41, 5.74) is 1.16. The van der Waals surface area contributed by atoms with Crippen molar-refractivity contribution in [2.75, 3.05) is 27.2 Å². The van der Waals surface area contributed by atoms with Crippen LogP contribution in [0.3, 0.4) is 0 Å². The first-order chi connectivity index (χ1) is 7.49. The lowest BCUT2D eigenvalue weighted by Gasteiger charge is -2.16. The number of rotatable bonds is 6. The molecule has 4 heteroatoms. The maximum atomic E-state index is 9.64. The van der Waals surface area contributed by atoms with Crippen LogP contribution in [0.15, 0.2) is 10.5 Å². The first-order valence-corrected chi connectivity index (χ1v) is 5.58. The highest BCUT2D eigenvalue weighted by Gasteiger charge is 2.07. The molecule has 0 radical (unpaired) electrons. The number of nitrogens with one attached hydrogen (secondary N) is 1. The van der Waals surface area contributed by atoms with E-state index in [0.29, 0.717) is 13.1 Å². The third-order valence-corrected chi connectivity index (χ3v) is 2.42. The average molecular weight is 226 g/mol. The van der Waals surface area contributed by atoms with E-state index in [-0.39, 0.29) is 6.10 Å². The standard InChI is InChI=1S/C12H22N2O2/c1-9-5-11(10(2)16-9)6-13-7-12(15)8-14(3)4/h5,12-13,15H,6-8H2,1-4H3. The predicted molar refractivity (Wildman–Crippen MR) is 64.4 cm³/mol. The topological polar surface area (TPSA) is 48.6 Å². The molecule has 1 aromatic heterocycles. The van der Waals surface area contributed by atoms with Gasteiger partial charge in [0.15, 0.2) is 0 Å². The van der Waals surface area contributed by atoms with Crippen molar-refractivity contribution in [1.29, 1.82) is 0 Å². The van der Waals surface area contributed by atoms with Crippen LogP contribution in [0.5, 0.6) is 0 Å². The Hall–Kier alpha value is -0.840. The summed E-state index contributed by atoms with van der Waals surface area (Å²) in [6, 6.07) is 2.03.